The first-order valence-electron chi connectivity index (χ1n) is 8.60. The van der Waals surface area contributed by atoms with Crippen molar-refractivity contribution in [3.05, 3.63) is 52.7 Å². The van der Waals surface area contributed by atoms with E-state index in [-0.39, 0.29) is 11.6 Å². The quantitative estimate of drug-likeness (QED) is 0.446. The second-order valence-electron chi connectivity index (χ2n) is 5.80. The number of fused-ring (bicyclic) bond motifs is 1. The Kier molecular flexibility index (Phi) is 6.69. The first-order valence-corrected chi connectivity index (χ1v) is 8.60. The summed E-state index contributed by atoms with van der Waals surface area (Å²) in [5, 5.41) is 2.99. The van der Waals surface area contributed by atoms with E-state index in [0.717, 1.165) is 19.3 Å². The van der Waals surface area contributed by atoms with E-state index < -0.39 is 5.97 Å². The van der Waals surface area contributed by atoms with Crippen LogP contribution in [0.2, 0.25) is 0 Å². The fourth-order valence-corrected chi connectivity index (χ4v) is 2.50. The molecule has 25 heavy (non-hydrogen) atoms. The summed E-state index contributed by atoms with van der Waals surface area (Å²) in [7, 11) is 0. The van der Waals surface area contributed by atoms with Gasteiger partial charge in [-0.25, -0.2) is 4.79 Å². The molecule has 1 aliphatic rings. The van der Waals surface area contributed by atoms with Crippen LogP contribution in [0.3, 0.4) is 0 Å². The monoisotopic (exact) mass is 341 g/mol. The average molecular weight is 341 g/mol. The van der Waals surface area contributed by atoms with E-state index in [1.807, 2.05) is 13.8 Å². The van der Waals surface area contributed by atoms with Crippen LogP contribution in [-0.2, 0) is 9.53 Å². The van der Waals surface area contributed by atoms with Gasteiger partial charge in [-0.1, -0.05) is 38.5 Å². The maximum atomic E-state index is 12.5. The number of hydrogen-bond acceptors (Lipinski definition) is 5. The Labute approximate surface area is 147 Å². The molecule has 0 bridgehead atoms. The molecule has 5 heteroatoms. The van der Waals surface area contributed by atoms with Gasteiger partial charge in [-0.15, -0.1) is 0 Å². The zero-order valence-electron chi connectivity index (χ0n) is 14.6. The summed E-state index contributed by atoms with van der Waals surface area (Å²) in [6.07, 6.45) is 6.76. The molecule has 1 aliphatic carbocycles. The van der Waals surface area contributed by atoms with Crippen LogP contribution in [0.25, 0.3) is 6.08 Å². The number of carbonyl (C=O) groups excluding carboxylic acids is 3. The van der Waals surface area contributed by atoms with Crippen molar-refractivity contribution >= 4 is 23.6 Å². The molecule has 0 aromatic heterocycles. The number of hydrogen-bond donors (Lipinski definition) is 1. The summed E-state index contributed by atoms with van der Waals surface area (Å²) in [5.74, 6) is -0.905. The van der Waals surface area contributed by atoms with E-state index in [4.69, 9.17) is 4.74 Å². The van der Waals surface area contributed by atoms with Gasteiger partial charge in [-0.2, -0.15) is 0 Å². The predicted octanol–water partition coefficient (Wildman–Crippen LogP) is 3.31. The smallest absolute Gasteiger partial charge is 0.330 e. The van der Waals surface area contributed by atoms with E-state index in [9.17, 15) is 14.4 Å². The first kappa shape index (κ1) is 18.6. The summed E-state index contributed by atoms with van der Waals surface area (Å²) in [6.45, 7) is 5.00. The number of ether oxygens (including phenoxy) is 1. The lowest BCUT2D eigenvalue weighted by Crippen LogP contribution is -2.27. The number of rotatable bonds is 8. The third-order valence-electron chi connectivity index (χ3n) is 3.81. The number of nitrogens with one attached hydrogen (secondary N) is 1. The standard InChI is InChI=1S/C20H23NO4/c1-3-5-12-25-18(23)10-9-14-7-6-8-15-19(14)17(22)13-16(20(15)24)21-11-4-2/h6-10,13,21H,3-5,11-12H2,1-2H3/b10-9+. The molecule has 0 aliphatic heterocycles. The molecule has 0 saturated carbocycles. The van der Waals surface area contributed by atoms with Crippen LogP contribution in [0.5, 0.6) is 0 Å². The van der Waals surface area contributed by atoms with Gasteiger partial charge in [0.25, 0.3) is 0 Å². The lowest BCUT2D eigenvalue weighted by molar-refractivity contribution is -0.137. The summed E-state index contributed by atoms with van der Waals surface area (Å²) >= 11 is 0. The Balaban J connectivity index is 2.21. The summed E-state index contributed by atoms with van der Waals surface area (Å²) in [5.41, 5.74) is 1.54. The van der Waals surface area contributed by atoms with E-state index in [2.05, 4.69) is 5.32 Å². The molecule has 0 unspecified atom stereocenters. The van der Waals surface area contributed by atoms with Crippen LogP contribution in [-0.4, -0.2) is 30.7 Å². The van der Waals surface area contributed by atoms with Crippen molar-refractivity contribution < 1.29 is 19.1 Å². The van der Waals surface area contributed by atoms with Gasteiger partial charge in [-0.05, 0) is 24.5 Å². The van der Waals surface area contributed by atoms with Gasteiger partial charge in [0, 0.05) is 29.8 Å². The first-order chi connectivity index (χ1) is 12.1. The van der Waals surface area contributed by atoms with Gasteiger partial charge in [0.1, 0.15) is 0 Å². The summed E-state index contributed by atoms with van der Waals surface area (Å²) < 4.78 is 5.06. The van der Waals surface area contributed by atoms with E-state index in [1.165, 1.54) is 18.2 Å². The molecule has 0 atom stereocenters. The van der Waals surface area contributed by atoms with Crippen molar-refractivity contribution in [2.24, 2.45) is 0 Å². The van der Waals surface area contributed by atoms with E-state index >= 15 is 0 Å². The van der Waals surface area contributed by atoms with Crippen LogP contribution in [0.15, 0.2) is 36.0 Å². The SMILES string of the molecule is CCCCOC(=O)/C=C/c1cccc2c1C(=O)C=C(NCCC)C2=O. The topological polar surface area (TPSA) is 72.5 Å². The number of benzene rings is 1. The molecule has 1 aromatic rings. The Morgan fingerprint density at radius 3 is 2.72 bits per heavy atom. The largest absolute Gasteiger partial charge is 0.463 e. The summed E-state index contributed by atoms with van der Waals surface area (Å²) in [4.78, 5) is 36.7. The molecule has 132 valence electrons. The number of esters is 1. The number of ketones is 2. The minimum Gasteiger partial charge on any atom is -0.463 e. The zero-order valence-corrected chi connectivity index (χ0v) is 14.6. The molecule has 2 rings (SSSR count). The predicted molar refractivity (Wildman–Crippen MR) is 96.4 cm³/mol. The van der Waals surface area contributed by atoms with Crippen LogP contribution in [0.4, 0.5) is 0 Å². The van der Waals surface area contributed by atoms with Gasteiger partial charge < -0.3 is 10.1 Å². The van der Waals surface area contributed by atoms with Crippen LogP contribution in [0, 0.1) is 0 Å². The number of unbranched alkanes of at least 4 members (excludes halogenated alkanes) is 1. The number of allylic oxidation sites excluding steroid dienone is 2. The van der Waals surface area contributed by atoms with E-state index in [0.29, 0.717) is 35.5 Å². The minimum atomic E-state index is -0.457. The number of carbonyl (C=O) groups is 3. The van der Waals surface area contributed by atoms with Gasteiger partial charge in [0.05, 0.1) is 12.3 Å². The second-order valence-corrected chi connectivity index (χ2v) is 5.80. The highest BCUT2D eigenvalue weighted by Crippen LogP contribution is 2.24. The molecular formula is C20H23NO4. The molecule has 1 N–H and O–H groups in total. The molecule has 0 fully saturated rings. The summed E-state index contributed by atoms with van der Waals surface area (Å²) in [6, 6.07) is 5.04. The average Bonchev–Trinajstić information content (AvgIpc) is 2.61. The molecule has 0 radical (unpaired) electrons. The normalized spacial score (nSPS) is 13.6. The second kappa shape index (κ2) is 8.97. The Hall–Kier alpha value is -2.69. The number of Topliss-reactive ketones (excluding diaryl/α,β-unsaturated/α-hetero) is 1. The van der Waals surface area contributed by atoms with Crippen LogP contribution in [0.1, 0.15) is 59.4 Å². The van der Waals surface area contributed by atoms with Gasteiger partial charge in [0.15, 0.2) is 5.78 Å². The maximum Gasteiger partial charge on any atom is 0.330 e. The molecule has 0 amide bonds. The Morgan fingerprint density at radius 1 is 1.20 bits per heavy atom. The van der Waals surface area contributed by atoms with Crippen molar-refractivity contribution in [3.63, 3.8) is 0 Å². The molecule has 5 nitrogen and oxygen atoms in total. The maximum absolute atomic E-state index is 12.5. The fourth-order valence-electron chi connectivity index (χ4n) is 2.50. The van der Waals surface area contributed by atoms with Crippen molar-refractivity contribution in [2.75, 3.05) is 13.2 Å². The Morgan fingerprint density at radius 2 is 2.00 bits per heavy atom. The fraction of sp³-hybridized carbons (Fsp3) is 0.350. The van der Waals surface area contributed by atoms with Crippen LogP contribution < -0.4 is 5.32 Å². The van der Waals surface area contributed by atoms with Gasteiger partial charge in [-0.3, -0.25) is 9.59 Å². The highest BCUT2D eigenvalue weighted by molar-refractivity contribution is 6.25. The van der Waals surface area contributed by atoms with Crippen molar-refractivity contribution in [3.8, 4) is 0 Å². The van der Waals surface area contributed by atoms with Crippen LogP contribution >= 0.6 is 0 Å². The lowest BCUT2D eigenvalue weighted by Gasteiger charge is -2.17. The molecule has 1 aromatic carbocycles. The molecular weight excluding hydrogens is 318 g/mol. The molecule has 0 spiro atoms. The zero-order chi connectivity index (χ0) is 18.2. The van der Waals surface area contributed by atoms with Gasteiger partial charge in [0.2, 0.25) is 5.78 Å². The minimum absolute atomic E-state index is 0.205. The highest BCUT2D eigenvalue weighted by Gasteiger charge is 2.26. The van der Waals surface area contributed by atoms with Gasteiger partial charge >= 0.3 is 5.97 Å². The molecule has 0 saturated heterocycles. The Bertz CT molecular complexity index is 731. The lowest BCUT2D eigenvalue weighted by atomic mass is 9.88. The third kappa shape index (κ3) is 4.66. The van der Waals surface area contributed by atoms with Crippen molar-refractivity contribution in [1.29, 1.82) is 0 Å². The van der Waals surface area contributed by atoms with Crippen molar-refractivity contribution in [1.82, 2.24) is 5.32 Å². The van der Waals surface area contributed by atoms with Crippen molar-refractivity contribution in [2.45, 2.75) is 33.1 Å². The third-order valence-corrected chi connectivity index (χ3v) is 3.81. The molecule has 0 heterocycles. The van der Waals surface area contributed by atoms with E-state index in [1.54, 1.807) is 18.2 Å². The highest BCUT2D eigenvalue weighted by atomic mass is 16.5.